The molecule has 0 bridgehead atoms. The maximum atomic E-state index is 5.59. The number of hydrogen-bond donors (Lipinski definition) is 0. The monoisotopic (exact) mass is 590 g/mol. The Kier molecular flexibility index (Phi) is 10.5. The van der Waals surface area contributed by atoms with Crippen LogP contribution in [0.25, 0.3) is 5.32 Å². The Labute approximate surface area is 244 Å². The molecule has 0 radical (unpaired) electrons. The van der Waals surface area contributed by atoms with Gasteiger partial charge in [0, 0.05) is 6.04 Å². The molecule has 7 atom stereocenters. The summed E-state index contributed by atoms with van der Waals surface area (Å²) in [6, 6.07) is 0.869. The van der Waals surface area contributed by atoms with Crippen LogP contribution >= 0.6 is 18.6 Å². The van der Waals surface area contributed by atoms with E-state index < -0.39 is 25.3 Å². The molecule has 1 saturated heterocycles. The van der Waals surface area contributed by atoms with E-state index >= 15 is 0 Å². The van der Waals surface area contributed by atoms with Crippen molar-refractivity contribution in [3.8, 4) is 0 Å². The number of allylic oxidation sites excluding steroid dienone is 10. The molecule has 6 heteroatoms. The molecule has 1 heterocycles. The molecule has 5 aliphatic carbocycles. The van der Waals surface area contributed by atoms with E-state index in [1.165, 1.54) is 32.1 Å². The summed E-state index contributed by atoms with van der Waals surface area (Å²) in [7, 11) is 7.94. The molecule has 2 saturated carbocycles. The molecular formula is C31H44Cl2N2SiTi-2. The minimum atomic E-state index is -1.83. The van der Waals surface area contributed by atoms with Crippen LogP contribution in [0.15, 0.2) is 72.4 Å². The summed E-state index contributed by atoms with van der Waals surface area (Å²) < 4.78 is 2.99. The maximum absolute atomic E-state index is 5.59. The van der Waals surface area contributed by atoms with Crippen molar-refractivity contribution in [3.63, 3.8) is 0 Å². The van der Waals surface area contributed by atoms with E-state index in [-0.39, 0.29) is 7.43 Å². The van der Waals surface area contributed by atoms with Crippen molar-refractivity contribution in [1.29, 1.82) is 0 Å². The fourth-order valence-corrected chi connectivity index (χ4v) is 13.5. The Bertz CT molecular complexity index is 930. The first-order valence-electron chi connectivity index (χ1n) is 14.1. The Hall–Kier alpha value is -0.129. The van der Waals surface area contributed by atoms with E-state index in [9.17, 15) is 0 Å². The zero-order valence-corrected chi connectivity index (χ0v) is 27.0. The summed E-state index contributed by atoms with van der Waals surface area (Å²) in [5.74, 6) is 3.41. The van der Waals surface area contributed by atoms with Gasteiger partial charge in [-0.25, -0.2) is 0 Å². The number of rotatable bonds is 4. The molecular weight excluding hydrogens is 547 g/mol. The van der Waals surface area contributed by atoms with E-state index in [1.807, 2.05) is 0 Å². The normalized spacial score (nSPS) is 38.1. The van der Waals surface area contributed by atoms with Gasteiger partial charge in [0.1, 0.15) is 8.24 Å². The molecule has 37 heavy (non-hydrogen) atoms. The SMILES string of the molecule is CC[C@H]1[N-]C2C(C3CCCCC3)=CC=C[C@H]2N1[Si](C)(C)C1C2C=CC=CC2C2C=CC=CC21.[CH3-].[Cl][Ti][Cl]. The molecule has 6 rings (SSSR count). The van der Waals surface area contributed by atoms with Crippen LogP contribution in [-0.4, -0.2) is 31.1 Å². The second-order valence-electron chi connectivity index (χ2n) is 11.9. The number of nitrogens with zero attached hydrogens (tertiary/aromatic N) is 2. The second kappa shape index (κ2) is 13.0. The molecule has 1 aliphatic heterocycles. The van der Waals surface area contributed by atoms with Gasteiger partial charge in [-0.05, 0) is 48.0 Å². The van der Waals surface area contributed by atoms with Crippen molar-refractivity contribution in [3.05, 3.63) is 85.2 Å². The van der Waals surface area contributed by atoms with E-state index in [4.69, 9.17) is 23.9 Å². The molecule has 0 aromatic rings. The van der Waals surface area contributed by atoms with Gasteiger partial charge in [0.15, 0.2) is 0 Å². The summed E-state index contributed by atoms with van der Waals surface area (Å²) in [4.78, 5) is 0. The molecule has 0 spiro atoms. The van der Waals surface area contributed by atoms with Crippen LogP contribution in [0.2, 0.25) is 18.6 Å². The van der Waals surface area contributed by atoms with Crippen LogP contribution in [0.5, 0.6) is 0 Å². The van der Waals surface area contributed by atoms with E-state index in [0.717, 1.165) is 17.9 Å². The van der Waals surface area contributed by atoms with Crippen LogP contribution in [-0.2, 0) is 17.0 Å². The van der Waals surface area contributed by atoms with Crippen molar-refractivity contribution in [2.45, 2.75) is 82.3 Å². The van der Waals surface area contributed by atoms with Crippen LogP contribution < -0.4 is 0 Å². The predicted octanol–water partition coefficient (Wildman–Crippen LogP) is 9.36. The first-order chi connectivity index (χ1) is 17.5. The average Bonchev–Trinajstić information content (AvgIpc) is 3.46. The quantitative estimate of drug-likeness (QED) is 0.235. The molecule has 0 N–H and O–H groups in total. The molecule has 6 aliphatic rings. The van der Waals surface area contributed by atoms with Gasteiger partial charge in [0.25, 0.3) is 0 Å². The van der Waals surface area contributed by atoms with Crippen LogP contribution in [0.4, 0.5) is 0 Å². The Morgan fingerprint density at radius 1 is 0.865 bits per heavy atom. The van der Waals surface area contributed by atoms with E-state index in [2.05, 4.69) is 91.4 Å². The van der Waals surface area contributed by atoms with Gasteiger partial charge in [0.05, 0.1) is 0 Å². The van der Waals surface area contributed by atoms with Crippen molar-refractivity contribution >= 4 is 26.8 Å². The molecule has 0 aromatic carbocycles. The summed E-state index contributed by atoms with van der Waals surface area (Å²) in [6.07, 6.45) is 35.2. The molecule has 0 aromatic heterocycles. The standard InChI is InChI=1S/C30H41N2Si.CH3.2ClH.Ti/c1-4-28-31-29-22(21-13-6-5-7-14-21)19-12-20-27(29)32(28)33(2,3)30-25-17-10-8-15-23(25)24-16-9-11-18-26(24)30;;;;/h8-12,15-21,23-30H,4-7,13-14H2,1-3H3;1H3;2*1H;/q2*-1;;;+2/p-2/t23?,24?,25?,26?,27-,28+,29?,30?;;;;/m1..../s1. The molecule has 5 unspecified atom stereocenters. The van der Waals surface area contributed by atoms with Crippen LogP contribution in [0.1, 0.15) is 45.4 Å². The van der Waals surface area contributed by atoms with Gasteiger partial charge in [0.2, 0.25) is 0 Å². The van der Waals surface area contributed by atoms with Crippen LogP contribution in [0.3, 0.4) is 0 Å². The second-order valence-corrected chi connectivity index (χ2v) is 18.9. The third kappa shape index (κ3) is 5.58. The first-order valence-corrected chi connectivity index (χ1v) is 21.4. The van der Waals surface area contributed by atoms with E-state index in [0.29, 0.717) is 41.9 Å². The van der Waals surface area contributed by atoms with Gasteiger partial charge >= 0.3 is 35.6 Å². The Morgan fingerprint density at radius 2 is 1.41 bits per heavy atom. The Balaban J connectivity index is 0.000000765. The zero-order chi connectivity index (χ0) is 25.3. The molecule has 3 fully saturated rings. The van der Waals surface area contributed by atoms with Crippen molar-refractivity contribution in [1.82, 2.24) is 4.57 Å². The summed E-state index contributed by atoms with van der Waals surface area (Å²) in [6.45, 7) is 7.73. The third-order valence-electron chi connectivity index (χ3n) is 9.88. The molecule has 0 amide bonds. The van der Waals surface area contributed by atoms with Gasteiger partial charge in [-0.1, -0.05) is 130 Å². The summed E-state index contributed by atoms with van der Waals surface area (Å²) in [5, 5.41) is 5.59. The number of fused-ring (bicyclic) bond motifs is 4. The molecule has 202 valence electrons. The zero-order valence-electron chi connectivity index (χ0n) is 22.9. The van der Waals surface area contributed by atoms with Crippen molar-refractivity contribution in [2.24, 2.45) is 29.6 Å². The van der Waals surface area contributed by atoms with Gasteiger partial charge < -0.3 is 17.3 Å². The minimum absolute atomic E-state index is 0. The van der Waals surface area contributed by atoms with E-state index in [1.54, 1.807) is 5.57 Å². The first kappa shape index (κ1) is 29.8. The number of halogens is 2. The number of hydrogen-bond acceptors (Lipinski definition) is 1. The van der Waals surface area contributed by atoms with Crippen LogP contribution in [0, 0.1) is 37.0 Å². The van der Waals surface area contributed by atoms with Gasteiger partial charge in [-0.3, -0.25) is 0 Å². The average molecular weight is 592 g/mol. The fourth-order valence-electron chi connectivity index (χ4n) is 8.58. The molecule has 2 nitrogen and oxygen atoms in total. The van der Waals surface area contributed by atoms with Crippen molar-refractivity contribution in [2.75, 3.05) is 0 Å². The predicted molar refractivity (Wildman–Crippen MR) is 161 cm³/mol. The summed E-state index contributed by atoms with van der Waals surface area (Å²) >= 11 is -0.556. The topological polar surface area (TPSA) is 17.3 Å². The summed E-state index contributed by atoms with van der Waals surface area (Å²) in [5.41, 5.74) is 2.39. The third-order valence-corrected chi connectivity index (χ3v) is 14.2. The van der Waals surface area contributed by atoms with Gasteiger partial charge in [-0.15, -0.1) is 0 Å². The van der Waals surface area contributed by atoms with Gasteiger partial charge in [-0.2, -0.15) is 0 Å². The van der Waals surface area contributed by atoms with Crippen molar-refractivity contribution < 1.29 is 17.0 Å². The Morgan fingerprint density at radius 3 is 1.95 bits per heavy atom. The fraction of sp³-hybridized carbons (Fsp3) is 0.581.